The van der Waals surface area contributed by atoms with Crippen molar-refractivity contribution in [2.75, 3.05) is 37.6 Å². The van der Waals surface area contributed by atoms with Gasteiger partial charge in [0.05, 0.1) is 6.54 Å². The Morgan fingerprint density at radius 2 is 2.04 bits per heavy atom. The number of piperazine rings is 1. The van der Waals surface area contributed by atoms with Crippen LogP contribution in [-0.4, -0.2) is 69.5 Å². The third-order valence-electron chi connectivity index (χ3n) is 5.32. The van der Waals surface area contributed by atoms with Gasteiger partial charge >= 0.3 is 0 Å². The highest BCUT2D eigenvalue weighted by Crippen LogP contribution is 2.28. The number of hydrogen-bond acceptors (Lipinski definition) is 5. The van der Waals surface area contributed by atoms with Crippen molar-refractivity contribution in [3.63, 3.8) is 0 Å². The van der Waals surface area contributed by atoms with Crippen molar-refractivity contribution in [1.82, 2.24) is 25.0 Å². The van der Waals surface area contributed by atoms with Gasteiger partial charge in [0, 0.05) is 42.9 Å². The van der Waals surface area contributed by atoms with E-state index in [1.807, 2.05) is 36.1 Å². The summed E-state index contributed by atoms with van der Waals surface area (Å²) < 4.78 is 0.922. The number of aryl methyl sites for hydroxylation is 1. The van der Waals surface area contributed by atoms with E-state index in [1.54, 1.807) is 4.90 Å². The molecule has 1 aromatic carbocycles. The lowest BCUT2D eigenvalue weighted by Gasteiger charge is -2.35. The first-order valence-corrected chi connectivity index (χ1v) is 10.3. The van der Waals surface area contributed by atoms with Crippen molar-refractivity contribution in [3.05, 3.63) is 40.4 Å². The average molecular weight is 447 g/mol. The zero-order valence-corrected chi connectivity index (χ0v) is 17.4. The largest absolute Gasteiger partial charge is 0.339 e. The molecule has 1 aromatic heterocycles. The summed E-state index contributed by atoms with van der Waals surface area (Å²) in [6.45, 7) is 5.90. The molecule has 2 aliphatic rings. The summed E-state index contributed by atoms with van der Waals surface area (Å²) in [6.07, 6.45) is 0.570. The molecule has 0 radical (unpaired) electrons. The first-order chi connectivity index (χ1) is 13.5. The summed E-state index contributed by atoms with van der Waals surface area (Å²) in [4.78, 5) is 35.9. The van der Waals surface area contributed by atoms with Crippen molar-refractivity contribution in [2.45, 2.75) is 19.9 Å². The Morgan fingerprint density at radius 1 is 1.25 bits per heavy atom. The molecule has 1 atom stereocenters. The maximum Gasteiger partial charge on any atom is 0.239 e. The lowest BCUT2D eigenvalue weighted by atomic mass is 10.1. The quantitative estimate of drug-likeness (QED) is 0.720. The lowest BCUT2D eigenvalue weighted by molar-refractivity contribution is -0.141. The van der Waals surface area contributed by atoms with Crippen LogP contribution in [0.15, 0.2) is 28.7 Å². The Kier molecular flexibility index (Phi) is 5.45. The van der Waals surface area contributed by atoms with Crippen LogP contribution in [-0.2, 0) is 16.1 Å². The minimum atomic E-state index is -0.568. The molecule has 2 fully saturated rings. The van der Waals surface area contributed by atoms with Gasteiger partial charge in [-0.1, -0.05) is 22.0 Å². The summed E-state index contributed by atoms with van der Waals surface area (Å²) in [7, 11) is 0. The molecule has 8 nitrogen and oxygen atoms in total. The van der Waals surface area contributed by atoms with Gasteiger partial charge in [0.1, 0.15) is 11.7 Å². The summed E-state index contributed by atoms with van der Waals surface area (Å²) in [5, 5.41) is 7.02. The Bertz CT molecular complexity index is 877. The number of carbonyl (C=O) groups is 2. The van der Waals surface area contributed by atoms with E-state index in [9.17, 15) is 9.59 Å². The second-order valence-electron chi connectivity index (χ2n) is 7.25. The first kappa shape index (κ1) is 19.1. The zero-order chi connectivity index (χ0) is 19.7. The SMILES string of the molecule is Cc1nc(CN2CCN(C(=O)C3CCN(c4cccc(Br)c4)C3=O)CC2)n[nH]1. The highest BCUT2D eigenvalue weighted by Gasteiger charge is 2.40. The van der Waals surface area contributed by atoms with Crippen molar-refractivity contribution in [3.8, 4) is 0 Å². The number of aromatic amines is 1. The number of carbonyl (C=O) groups excluding carboxylic acids is 2. The number of hydrogen-bond donors (Lipinski definition) is 1. The highest BCUT2D eigenvalue weighted by atomic mass is 79.9. The summed E-state index contributed by atoms with van der Waals surface area (Å²) >= 11 is 3.44. The highest BCUT2D eigenvalue weighted by molar-refractivity contribution is 9.10. The molecule has 2 saturated heterocycles. The van der Waals surface area contributed by atoms with E-state index >= 15 is 0 Å². The Balaban J connectivity index is 1.33. The van der Waals surface area contributed by atoms with Crippen LogP contribution in [0, 0.1) is 12.8 Å². The van der Waals surface area contributed by atoms with Gasteiger partial charge in [-0.25, -0.2) is 4.98 Å². The molecule has 9 heteroatoms. The van der Waals surface area contributed by atoms with Crippen molar-refractivity contribution < 1.29 is 9.59 Å². The number of nitrogens with zero attached hydrogens (tertiary/aromatic N) is 5. The van der Waals surface area contributed by atoms with Gasteiger partial charge < -0.3 is 9.80 Å². The lowest BCUT2D eigenvalue weighted by Crippen LogP contribution is -2.51. The Labute approximate surface area is 172 Å². The number of amides is 2. The van der Waals surface area contributed by atoms with Gasteiger partial charge in [0.15, 0.2) is 5.82 Å². The van der Waals surface area contributed by atoms with Crippen LogP contribution in [0.1, 0.15) is 18.1 Å². The van der Waals surface area contributed by atoms with Crippen LogP contribution < -0.4 is 4.90 Å². The molecule has 0 aliphatic carbocycles. The first-order valence-electron chi connectivity index (χ1n) is 9.47. The fraction of sp³-hybridized carbons (Fsp3) is 0.474. The smallest absolute Gasteiger partial charge is 0.239 e. The predicted octanol–water partition coefficient (Wildman–Crippen LogP) is 1.57. The van der Waals surface area contributed by atoms with E-state index in [4.69, 9.17) is 0 Å². The molecule has 28 heavy (non-hydrogen) atoms. The molecule has 2 aromatic rings. The molecule has 1 unspecified atom stereocenters. The average Bonchev–Trinajstić information content (AvgIpc) is 3.27. The molecule has 148 valence electrons. The molecule has 2 aliphatic heterocycles. The van der Waals surface area contributed by atoms with Gasteiger partial charge in [0.25, 0.3) is 0 Å². The minimum absolute atomic E-state index is 0.0455. The predicted molar refractivity (Wildman–Crippen MR) is 108 cm³/mol. The molecule has 0 bridgehead atoms. The van der Waals surface area contributed by atoms with Crippen LogP contribution >= 0.6 is 15.9 Å². The molecular formula is C19H23BrN6O2. The van der Waals surface area contributed by atoms with Gasteiger partial charge in [-0.2, -0.15) is 5.10 Å². The summed E-state index contributed by atoms with van der Waals surface area (Å²) in [5.41, 5.74) is 0.835. The summed E-state index contributed by atoms with van der Waals surface area (Å²) in [6, 6.07) is 7.64. The second-order valence-corrected chi connectivity index (χ2v) is 8.17. The number of nitrogens with one attached hydrogen (secondary N) is 1. The van der Waals surface area contributed by atoms with Gasteiger partial charge in [-0.3, -0.25) is 19.6 Å². The van der Waals surface area contributed by atoms with Crippen LogP contribution in [0.2, 0.25) is 0 Å². The van der Waals surface area contributed by atoms with Crippen molar-refractivity contribution >= 4 is 33.4 Å². The molecule has 3 heterocycles. The number of rotatable bonds is 4. The summed E-state index contributed by atoms with van der Waals surface area (Å²) in [5.74, 6) is 0.866. The second kappa shape index (κ2) is 8.00. The Morgan fingerprint density at radius 3 is 2.71 bits per heavy atom. The van der Waals surface area contributed by atoms with Crippen molar-refractivity contribution in [1.29, 1.82) is 0 Å². The van der Waals surface area contributed by atoms with E-state index in [0.717, 1.165) is 34.9 Å². The van der Waals surface area contributed by atoms with Gasteiger partial charge in [-0.15, -0.1) is 0 Å². The Hall–Kier alpha value is -2.26. The number of H-pyrrole nitrogens is 1. The maximum atomic E-state index is 12.9. The van der Waals surface area contributed by atoms with Gasteiger partial charge in [0.2, 0.25) is 11.8 Å². The third kappa shape index (κ3) is 3.95. The molecule has 4 rings (SSSR count). The standard InChI is InChI=1S/C19H23BrN6O2/c1-13-21-17(23-22-13)12-24-7-9-25(10-8-24)18(27)16-5-6-26(19(16)28)15-4-2-3-14(20)11-15/h2-4,11,16H,5-10,12H2,1H3,(H,21,22,23). The van der Waals surface area contributed by atoms with E-state index in [-0.39, 0.29) is 11.8 Å². The van der Waals surface area contributed by atoms with E-state index in [0.29, 0.717) is 32.6 Å². The van der Waals surface area contributed by atoms with E-state index in [1.165, 1.54) is 0 Å². The number of aromatic nitrogens is 3. The van der Waals surface area contributed by atoms with Crippen LogP contribution in [0.4, 0.5) is 5.69 Å². The molecular weight excluding hydrogens is 424 g/mol. The number of anilines is 1. The maximum absolute atomic E-state index is 12.9. The number of benzene rings is 1. The van der Waals surface area contributed by atoms with E-state index in [2.05, 4.69) is 36.0 Å². The van der Waals surface area contributed by atoms with Gasteiger partial charge in [-0.05, 0) is 31.5 Å². The molecule has 0 spiro atoms. The topological polar surface area (TPSA) is 85.4 Å². The normalized spacial score (nSPS) is 20.8. The van der Waals surface area contributed by atoms with Crippen molar-refractivity contribution in [2.24, 2.45) is 5.92 Å². The third-order valence-corrected chi connectivity index (χ3v) is 5.81. The van der Waals surface area contributed by atoms with E-state index < -0.39 is 5.92 Å². The van der Waals surface area contributed by atoms with Crippen LogP contribution in [0.25, 0.3) is 0 Å². The monoisotopic (exact) mass is 446 g/mol. The fourth-order valence-electron chi connectivity index (χ4n) is 3.82. The minimum Gasteiger partial charge on any atom is -0.339 e. The van der Waals surface area contributed by atoms with Crippen LogP contribution in [0.5, 0.6) is 0 Å². The molecule has 0 saturated carbocycles. The number of halogens is 1. The zero-order valence-electron chi connectivity index (χ0n) is 15.8. The molecule has 1 N–H and O–H groups in total. The fourth-order valence-corrected chi connectivity index (χ4v) is 4.20. The van der Waals surface area contributed by atoms with Crippen LogP contribution in [0.3, 0.4) is 0 Å². The molecule has 2 amide bonds.